The van der Waals surface area contributed by atoms with E-state index in [1.54, 1.807) is 12.1 Å². The van der Waals surface area contributed by atoms with E-state index >= 15 is 0 Å². The molecule has 2 unspecified atom stereocenters. The standard InChI is InChI=1S/C15H20N2O2/c1-10-6-7-12(15(18)19)14(16-10)17-9-8-11-4-2-3-5-13(11)17/h6-7,11,13H,2-5,8-9H2,1H3,(H,18,19). The fourth-order valence-corrected chi connectivity index (χ4v) is 3.60. The van der Waals surface area contributed by atoms with Crippen molar-refractivity contribution in [2.45, 2.75) is 45.1 Å². The maximum absolute atomic E-state index is 11.4. The second-order valence-electron chi connectivity index (χ2n) is 5.72. The first-order chi connectivity index (χ1) is 9.16. The molecule has 0 amide bonds. The van der Waals surface area contributed by atoms with Crippen LogP contribution in [0.5, 0.6) is 0 Å². The third-order valence-electron chi connectivity index (χ3n) is 4.53. The van der Waals surface area contributed by atoms with Gasteiger partial charge in [0.2, 0.25) is 0 Å². The highest BCUT2D eigenvalue weighted by molar-refractivity contribution is 5.93. The molecule has 3 rings (SSSR count). The Kier molecular flexibility index (Phi) is 3.17. The monoisotopic (exact) mass is 260 g/mol. The van der Waals surface area contributed by atoms with Crippen LogP contribution in [0.15, 0.2) is 12.1 Å². The van der Waals surface area contributed by atoms with Crippen LogP contribution in [0.1, 0.15) is 48.2 Å². The van der Waals surface area contributed by atoms with Crippen LogP contribution in [-0.2, 0) is 0 Å². The van der Waals surface area contributed by atoms with Crippen molar-refractivity contribution in [2.75, 3.05) is 11.4 Å². The van der Waals surface area contributed by atoms with Crippen LogP contribution in [0.25, 0.3) is 0 Å². The maximum Gasteiger partial charge on any atom is 0.339 e. The molecule has 1 N–H and O–H groups in total. The van der Waals surface area contributed by atoms with Gasteiger partial charge in [0, 0.05) is 18.3 Å². The predicted molar refractivity (Wildman–Crippen MR) is 73.6 cm³/mol. The van der Waals surface area contributed by atoms with Gasteiger partial charge in [0.05, 0.1) is 0 Å². The summed E-state index contributed by atoms with van der Waals surface area (Å²) in [6.45, 7) is 2.87. The van der Waals surface area contributed by atoms with Crippen LogP contribution in [-0.4, -0.2) is 28.6 Å². The molecular weight excluding hydrogens is 240 g/mol. The number of anilines is 1. The van der Waals surface area contributed by atoms with E-state index in [2.05, 4.69) is 9.88 Å². The lowest BCUT2D eigenvalue weighted by Crippen LogP contribution is -2.36. The Labute approximate surface area is 113 Å². The van der Waals surface area contributed by atoms with Crippen molar-refractivity contribution in [1.82, 2.24) is 4.98 Å². The normalized spacial score (nSPS) is 26.3. The Balaban J connectivity index is 1.97. The van der Waals surface area contributed by atoms with Crippen molar-refractivity contribution >= 4 is 11.8 Å². The van der Waals surface area contributed by atoms with Gasteiger partial charge in [-0.3, -0.25) is 0 Å². The van der Waals surface area contributed by atoms with E-state index in [0.29, 0.717) is 17.4 Å². The van der Waals surface area contributed by atoms with E-state index in [9.17, 15) is 9.90 Å². The van der Waals surface area contributed by atoms with Crippen LogP contribution < -0.4 is 4.90 Å². The minimum Gasteiger partial charge on any atom is -0.478 e. The highest BCUT2D eigenvalue weighted by Gasteiger charge is 2.37. The number of carboxylic acids is 1. The van der Waals surface area contributed by atoms with Gasteiger partial charge in [-0.15, -0.1) is 0 Å². The molecule has 1 saturated heterocycles. The largest absolute Gasteiger partial charge is 0.478 e. The highest BCUT2D eigenvalue weighted by atomic mass is 16.4. The van der Waals surface area contributed by atoms with Crippen molar-refractivity contribution in [2.24, 2.45) is 5.92 Å². The Morgan fingerprint density at radius 1 is 1.32 bits per heavy atom. The van der Waals surface area contributed by atoms with Crippen LogP contribution in [0.4, 0.5) is 5.82 Å². The molecule has 2 heterocycles. The van der Waals surface area contributed by atoms with Crippen molar-refractivity contribution < 1.29 is 9.90 Å². The SMILES string of the molecule is Cc1ccc(C(=O)O)c(N2CCC3CCCCC32)n1. The minimum absolute atomic E-state index is 0.344. The third-order valence-corrected chi connectivity index (χ3v) is 4.53. The van der Waals surface area contributed by atoms with Crippen LogP contribution in [0, 0.1) is 12.8 Å². The summed E-state index contributed by atoms with van der Waals surface area (Å²) in [6.07, 6.45) is 6.22. The maximum atomic E-state index is 11.4. The summed E-state index contributed by atoms with van der Waals surface area (Å²) in [5.74, 6) is 0.543. The zero-order valence-electron chi connectivity index (χ0n) is 11.3. The minimum atomic E-state index is -0.873. The Bertz CT molecular complexity index is 501. The molecule has 0 aromatic carbocycles. The number of hydrogen-bond acceptors (Lipinski definition) is 3. The first kappa shape index (κ1) is 12.5. The molecule has 2 fully saturated rings. The number of pyridine rings is 1. The molecule has 0 spiro atoms. The second-order valence-corrected chi connectivity index (χ2v) is 5.72. The first-order valence-electron chi connectivity index (χ1n) is 7.14. The summed E-state index contributed by atoms with van der Waals surface area (Å²) >= 11 is 0. The first-order valence-corrected chi connectivity index (χ1v) is 7.14. The Hall–Kier alpha value is -1.58. The molecule has 2 aliphatic rings. The van der Waals surface area contributed by atoms with E-state index in [4.69, 9.17) is 0 Å². The molecule has 1 saturated carbocycles. The quantitative estimate of drug-likeness (QED) is 0.888. The zero-order chi connectivity index (χ0) is 13.4. The molecule has 1 aliphatic heterocycles. The number of carboxylic acid groups (broad SMARTS) is 1. The van der Waals surface area contributed by atoms with E-state index in [1.807, 2.05) is 6.92 Å². The number of aryl methyl sites for hydroxylation is 1. The number of rotatable bonds is 2. The van der Waals surface area contributed by atoms with Gasteiger partial charge in [-0.2, -0.15) is 0 Å². The molecule has 2 atom stereocenters. The lowest BCUT2D eigenvalue weighted by Gasteiger charge is -2.33. The van der Waals surface area contributed by atoms with Gasteiger partial charge in [0.15, 0.2) is 0 Å². The van der Waals surface area contributed by atoms with E-state index in [1.165, 1.54) is 32.1 Å². The van der Waals surface area contributed by atoms with Gasteiger partial charge < -0.3 is 10.0 Å². The van der Waals surface area contributed by atoms with Crippen LogP contribution >= 0.6 is 0 Å². The van der Waals surface area contributed by atoms with Gasteiger partial charge >= 0.3 is 5.97 Å². The molecule has 4 nitrogen and oxygen atoms in total. The van der Waals surface area contributed by atoms with E-state index in [0.717, 1.165) is 18.2 Å². The summed E-state index contributed by atoms with van der Waals surface area (Å²) in [4.78, 5) is 18.1. The number of carbonyl (C=O) groups is 1. The summed E-state index contributed by atoms with van der Waals surface area (Å²) in [7, 11) is 0. The van der Waals surface area contributed by atoms with Crippen molar-refractivity contribution in [1.29, 1.82) is 0 Å². The summed E-state index contributed by atoms with van der Waals surface area (Å²) in [5.41, 5.74) is 1.23. The second kappa shape index (κ2) is 4.83. The van der Waals surface area contributed by atoms with Gasteiger partial charge in [-0.25, -0.2) is 9.78 Å². The van der Waals surface area contributed by atoms with Crippen molar-refractivity contribution in [3.05, 3.63) is 23.4 Å². The number of fused-ring (bicyclic) bond motifs is 1. The van der Waals surface area contributed by atoms with E-state index < -0.39 is 5.97 Å². The molecule has 1 aliphatic carbocycles. The van der Waals surface area contributed by atoms with Crippen LogP contribution in [0.3, 0.4) is 0 Å². The lowest BCUT2D eigenvalue weighted by atomic mass is 9.85. The molecule has 19 heavy (non-hydrogen) atoms. The number of aromatic carboxylic acids is 1. The molecular formula is C15H20N2O2. The highest BCUT2D eigenvalue weighted by Crippen LogP contribution is 2.39. The average Bonchev–Trinajstić information content (AvgIpc) is 2.82. The topological polar surface area (TPSA) is 53.4 Å². The molecule has 1 aromatic rings. The predicted octanol–water partition coefficient (Wildman–Crippen LogP) is 2.86. The number of hydrogen-bond donors (Lipinski definition) is 1. The van der Waals surface area contributed by atoms with Gasteiger partial charge in [0.1, 0.15) is 11.4 Å². The molecule has 0 bridgehead atoms. The summed E-state index contributed by atoms with van der Waals surface area (Å²) in [6, 6.07) is 3.97. The summed E-state index contributed by atoms with van der Waals surface area (Å²) < 4.78 is 0. The molecule has 1 aromatic heterocycles. The van der Waals surface area contributed by atoms with Crippen molar-refractivity contribution in [3.8, 4) is 0 Å². The summed E-state index contributed by atoms with van der Waals surface area (Å²) in [5, 5.41) is 9.35. The molecule has 0 radical (unpaired) electrons. The van der Waals surface area contributed by atoms with Gasteiger partial charge in [-0.05, 0) is 44.2 Å². The fourth-order valence-electron chi connectivity index (χ4n) is 3.60. The molecule has 4 heteroatoms. The Morgan fingerprint density at radius 3 is 2.89 bits per heavy atom. The van der Waals surface area contributed by atoms with E-state index in [-0.39, 0.29) is 0 Å². The van der Waals surface area contributed by atoms with Crippen molar-refractivity contribution in [3.63, 3.8) is 0 Å². The fraction of sp³-hybridized carbons (Fsp3) is 0.600. The van der Waals surface area contributed by atoms with Crippen LogP contribution in [0.2, 0.25) is 0 Å². The smallest absolute Gasteiger partial charge is 0.339 e. The third kappa shape index (κ3) is 2.20. The lowest BCUT2D eigenvalue weighted by molar-refractivity contribution is 0.0697. The Morgan fingerprint density at radius 2 is 2.11 bits per heavy atom. The average molecular weight is 260 g/mol. The molecule has 102 valence electrons. The number of nitrogens with zero attached hydrogens (tertiary/aromatic N) is 2. The number of aromatic nitrogens is 1. The van der Waals surface area contributed by atoms with Gasteiger partial charge in [-0.1, -0.05) is 12.8 Å². The van der Waals surface area contributed by atoms with Gasteiger partial charge in [0.25, 0.3) is 0 Å². The zero-order valence-corrected chi connectivity index (χ0v) is 11.3.